The van der Waals surface area contributed by atoms with Gasteiger partial charge in [-0.25, -0.2) is 4.39 Å². The summed E-state index contributed by atoms with van der Waals surface area (Å²) < 4.78 is 13.2. The summed E-state index contributed by atoms with van der Waals surface area (Å²) in [5.74, 6) is -1.00. The van der Waals surface area contributed by atoms with Crippen LogP contribution in [0.15, 0.2) is 42.5 Å². The van der Waals surface area contributed by atoms with E-state index in [4.69, 9.17) is 11.6 Å². The van der Waals surface area contributed by atoms with Crippen LogP contribution in [0.3, 0.4) is 0 Å². The topological polar surface area (TPSA) is 73.0 Å². The molecule has 0 bridgehead atoms. The fraction of sp³-hybridized carbons (Fsp3) is 0.375. The molecule has 176 valence electrons. The van der Waals surface area contributed by atoms with Crippen molar-refractivity contribution < 1.29 is 18.8 Å². The second kappa shape index (κ2) is 11.2. The van der Waals surface area contributed by atoms with E-state index in [1.165, 1.54) is 12.1 Å². The highest BCUT2D eigenvalue weighted by atomic mass is 35.5. The van der Waals surface area contributed by atoms with Crippen molar-refractivity contribution in [3.63, 3.8) is 0 Å². The molecule has 2 aromatic rings. The van der Waals surface area contributed by atoms with Crippen molar-refractivity contribution >= 4 is 35.0 Å². The number of rotatable bonds is 7. The van der Waals surface area contributed by atoms with Gasteiger partial charge in [-0.3, -0.25) is 19.3 Å². The van der Waals surface area contributed by atoms with Crippen LogP contribution in [-0.2, 0) is 4.79 Å². The molecule has 0 saturated carbocycles. The third-order valence-corrected chi connectivity index (χ3v) is 5.94. The maximum atomic E-state index is 13.2. The Labute approximate surface area is 198 Å². The minimum absolute atomic E-state index is 0.0712. The molecule has 1 aliphatic heterocycles. The van der Waals surface area contributed by atoms with Crippen LogP contribution in [0.25, 0.3) is 0 Å². The largest absolute Gasteiger partial charge is 0.339 e. The Kier molecular flexibility index (Phi) is 8.41. The first-order chi connectivity index (χ1) is 15.8. The molecule has 0 aromatic heterocycles. The van der Waals surface area contributed by atoms with Crippen molar-refractivity contribution in [2.24, 2.45) is 0 Å². The van der Waals surface area contributed by atoms with Crippen LogP contribution in [0.5, 0.6) is 0 Å². The average Bonchev–Trinajstić information content (AvgIpc) is 2.80. The smallest absolute Gasteiger partial charge is 0.255 e. The van der Waals surface area contributed by atoms with Crippen LogP contribution >= 0.6 is 11.6 Å². The van der Waals surface area contributed by atoms with Crippen LogP contribution in [0.4, 0.5) is 10.1 Å². The van der Waals surface area contributed by atoms with Crippen molar-refractivity contribution in [1.82, 2.24) is 14.7 Å². The zero-order valence-corrected chi connectivity index (χ0v) is 19.6. The molecule has 9 heteroatoms. The van der Waals surface area contributed by atoms with E-state index in [0.29, 0.717) is 50.5 Å². The van der Waals surface area contributed by atoms with Gasteiger partial charge >= 0.3 is 0 Å². The summed E-state index contributed by atoms with van der Waals surface area (Å²) in [6.07, 6.45) is 0. The molecular formula is C24H28ClFN4O3. The molecule has 0 radical (unpaired) electrons. The summed E-state index contributed by atoms with van der Waals surface area (Å²) >= 11 is 6.01. The van der Waals surface area contributed by atoms with E-state index >= 15 is 0 Å². The maximum Gasteiger partial charge on any atom is 0.255 e. The number of piperazine rings is 1. The molecule has 3 amide bonds. The number of hydrogen-bond donors (Lipinski definition) is 1. The molecule has 7 nitrogen and oxygen atoms in total. The molecule has 1 heterocycles. The standard InChI is InChI=1S/C24H28ClFN4O3/c1-3-29(4-2)23(32)17-6-5-7-19(14-17)27-22(31)16-28-10-12-30(13-11-28)24(33)20-9-8-18(26)15-21(20)25/h5-9,14-15H,3-4,10-13,16H2,1-2H3,(H,27,31). The summed E-state index contributed by atoms with van der Waals surface area (Å²) in [4.78, 5) is 43.1. The number of nitrogens with one attached hydrogen (secondary N) is 1. The van der Waals surface area contributed by atoms with Gasteiger partial charge in [-0.15, -0.1) is 0 Å². The monoisotopic (exact) mass is 474 g/mol. The van der Waals surface area contributed by atoms with Crippen LogP contribution < -0.4 is 5.32 Å². The molecule has 0 atom stereocenters. The maximum absolute atomic E-state index is 13.2. The molecule has 1 aliphatic rings. The van der Waals surface area contributed by atoms with E-state index in [2.05, 4.69) is 5.32 Å². The van der Waals surface area contributed by atoms with Gasteiger partial charge in [-0.2, -0.15) is 0 Å². The Hall–Kier alpha value is -2.97. The van der Waals surface area contributed by atoms with Crippen molar-refractivity contribution in [2.75, 3.05) is 51.1 Å². The number of benzene rings is 2. The first kappa shape index (κ1) is 24.7. The average molecular weight is 475 g/mol. The Bertz CT molecular complexity index is 1020. The lowest BCUT2D eigenvalue weighted by Gasteiger charge is -2.34. The highest BCUT2D eigenvalue weighted by molar-refractivity contribution is 6.33. The van der Waals surface area contributed by atoms with Gasteiger partial charge in [0.15, 0.2) is 0 Å². The predicted octanol–water partition coefficient (Wildman–Crippen LogP) is 3.36. The SMILES string of the molecule is CCN(CC)C(=O)c1cccc(NC(=O)CN2CCN(C(=O)c3ccc(F)cc3Cl)CC2)c1. The number of halogens is 2. The van der Waals surface area contributed by atoms with Crippen LogP contribution in [-0.4, -0.2) is 78.2 Å². The quantitative estimate of drug-likeness (QED) is 0.668. The molecule has 1 fully saturated rings. The van der Waals surface area contributed by atoms with Gasteiger partial charge in [0.05, 0.1) is 17.1 Å². The van der Waals surface area contributed by atoms with E-state index < -0.39 is 5.82 Å². The number of amides is 3. The first-order valence-corrected chi connectivity index (χ1v) is 11.4. The molecule has 0 unspecified atom stereocenters. The Morgan fingerprint density at radius 2 is 1.73 bits per heavy atom. The minimum Gasteiger partial charge on any atom is -0.339 e. The number of carbonyl (C=O) groups is 3. The number of anilines is 1. The third kappa shape index (κ3) is 6.30. The Balaban J connectivity index is 1.52. The van der Waals surface area contributed by atoms with Gasteiger partial charge in [0.25, 0.3) is 11.8 Å². The lowest BCUT2D eigenvalue weighted by Crippen LogP contribution is -2.50. The fourth-order valence-corrected chi connectivity index (χ4v) is 4.02. The number of hydrogen-bond acceptors (Lipinski definition) is 4. The van der Waals surface area contributed by atoms with E-state index in [1.807, 2.05) is 18.7 Å². The molecule has 1 N–H and O–H groups in total. The fourth-order valence-electron chi connectivity index (χ4n) is 3.77. The molecule has 2 aromatic carbocycles. The second-order valence-electron chi connectivity index (χ2n) is 7.80. The van der Waals surface area contributed by atoms with Gasteiger partial charge < -0.3 is 15.1 Å². The molecule has 33 heavy (non-hydrogen) atoms. The lowest BCUT2D eigenvalue weighted by molar-refractivity contribution is -0.117. The zero-order valence-electron chi connectivity index (χ0n) is 18.8. The van der Waals surface area contributed by atoms with E-state index in [9.17, 15) is 18.8 Å². The van der Waals surface area contributed by atoms with Gasteiger partial charge in [0.2, 0.25) is 5.91 Å². The highest BCUT2D eigenvalue weighted by Gasteiger charge is 2.25. The van der Waals surface area contributed by atoms with Crippen LogP contribution in [0, 0.1) is 5.82 Å². The third-order valence-electron chi connectivity index (χ3n) is 5.63. The molecule has 0 spiro atoms. The summed E-state index contributed by atoms with van der Waals surface area (Å²) in [5, 5.41) is 2.93. The second-order valence-corrected chi connectivity index (χ2v) is 8.21. The van der Waals surface area contributed by atoms with Crippen LogP contribution in [0.1, 0.15) is 34.6 Å². The van der Waals surface area contributed by atoms with Crippen molar-refractivity contribution in [3.8, 4) is 0 Å². The number of nitrogens with zero attached hydrogens (tertiary/aromatic N) is 3. The van der Waals surface area contributed by atoms with Gasteiger partial charge in [0, 0.05) is 50.5 Å². The lowest BCUT2D eigenvalue weighted by atomic mass is 10.1. The van der Waals surface area contributed by atoms with Crippen molar-refractivity contribution in [1.29, 1.82) is 0 Å². The van der Waals surface area contributed by atoms with Gasteiger partial charge in [-0.1, -0.05) is 17.7 Å². The van der Waals surface area contributed by atoms with E-state index in [0.717, 1.165) is 6.07 Å². The normalized spacial score (nSPS) is 14.1. The van der Waals surface area contributed by atoms with Crippen LogP contribution in [0.2, 0.25) is 5.02 Å². The zero-order chi connectivity index (χ0) is 24.0. The summed E-state index contributed by atoms with van der Waals surface area (Å²) in [7, 11) is 0. The van der Waals surface area contributed by atoms with E-state index in [-0.39, 0.29) is 34.9 Å². The number of carbonyl (C=O) groups excluding carboxylic acids is 3. The Morgan fingerprint density at radius 3 is 2.36 bits per heavy atom. The summed E-state index contributed by atoms with van der Waals surface area (Å²) in [6, 6.07) is 10.6. The highest BCUT2D eigenvalue weighted by Crippen LogP contribution is 2.20. The summed E-state index contributed by atoms with van der Waals surface area (Å²) in [5.41, 5.74) is 1.37. The van der Waals surface area contributed by atoms with Crippen molar-refractivity contribution in [2.45, 2.75) is 13.8 Å². The molecular weight excluding hydrogens is 447 g/mol. The van der Waals surface area contributed by atoms with Gasteiger partial charge in [-0.05, 0) is 50.2 Å². The summed E-state index contributed by atoms with van der Waals surface area (Å²) in [6.45, 7) is 7.19. The van der Waals surface area contributed by atoms with E-state index in [1.54, 1.807) is 34.1 Å². The molecule has 1 saturated heterocycles. The predicted molar refractivity (Wildman–Crippen MR) is 126 cm³/mol. The van der Waals surface area contributed by atoms with Crippen molar-refractivity contribution in [3.05, 3.63) is 64.4 Å². The molecule has 0 aliphatic carbocycles. The minimum atomic E-state index is -0.490. The first-order valence-electron chi connectivity index (χ1n) is 11.0. The Morgan fingerprint density at radius 1 is 1.03 bits per heavy atom. The van der Waals surface area contributed by atoms with Gasteiger partial charge in [0.1, 0.15) is 5.82 Å². The molecule has 3 rings (SSSR count).